The molecule has 2 unspecified atom stereocenters. The second-order valence-electron chi connectivity index (χ2n) is 7.04. The molecule has 0 radical (unpaired) electrons. The smallest absolute Gasteiger partial charge is 0.257 e. The van der Waals surface area contributed by atoms with Gasteiger partial charge in [-0.2, -0.15) is 0 Å². The van der Waals surface area contributed by atoms with Gasteiger partial charge in [0.15, 0.2) is 18.5 Å². The van der Waals surface area contributed by atoms with E-state index in [1.165, 1.54) is 14.2 Å². The normalized spacial score (nSPS) is 20.5. The standard InChI is InChI=1S/C24H23NO6/c1-28-15-31-21-16(10-12-18-9-6-14-30-18)11-13-19-20(21)24(27,17-7-4-3-5-8-17)22(29-2)23(26)25-19/h3-14,22,27H,15H2,1-2H3,(H,25,26). The maximum Gasteiger partial charge on any atom is 0.257 e. The van der Waals surface area contributed by atoms with E-state index in [-0.39, 0.29) is 6.79 Å². The van der Waals surface area contributed by atoms with Crippen molar-refractivity contribution in [1.29, 1.82) is 0 Å². The lowest BCUT2D eigenvalue weighted by Gasteiger charge is -2.41. The van der Waals surface area contributed by atoms with E-state index in [1.54, 1.807) is 54.8 Å². The molecule has 0 aliphatic carbocycles. The first-order chi connectivity index (χ1) is 15.1. The number of rotatable bonds is 7. The Balaban J connectivity index is 1.95. The number of ether oxygens (including phenoxy) is 3. The lowest BCUT2D eigenvalue weighted by molar-refractivity contribution is -0.142. The molecule has 1 aliphatic heterocycles. The van der Waals surface area contributed by atoms with Crippen LogP contribution in [0.15, 0.2) is 65.3 Å². The lowest BCUT2D eigenvalue weighted by Crippen LogP contribution is -2.53. The second-order valence-corrected chi connectivity index (χ2v) is 7.04. The summed E-state index contributed by atoms with van der Waals surface area (Å²) in [6, 6.07) is 16.1. The van der Waals surface area contributed by atoms with Gasteiger partial charge in [-0.1, -0.05) is 30.3 Å². The van der Waals surface area contributed by atoms with Gasteiger partial charge in [0.25, 0.3) is 5.91 Å². The van der Waals surface area contributed by atoms with Gasteiger partial charge in [0, 0.05) is 19.8 Å². The van der Waals surface area contributed by atoms with E-state index >= 15 is 0 Å². The number of furan rings is 1. The molecular formula is C24H23NO6. The Hall–Kier alpha value is -3.39. The molecule has 0 bridgehead atoms. The van der Waals surface area contributed by atoms with E-state index < -0.39 is 17.6 Å². The van der Waals surface area contributed by atoms with Gasteiger partial charge in [-0.15, -0.1) is 0 Å². The van der Waals surface area contributed by atoms with Gasteiger partial charge < -0.3 is 29.1 Å². The van der Waals surface area contributed by atoms with E-state index in [0.29, 0.717) is 33.9 Å². The number of hydrogen-bond acceptors (Lipinski definition) is 6. The highest BCUT2D eigenvalue weighted by Crippen LogP contribution is 2.48. The predicted molar refractivity (Wildman–Crippen MR) is 115 cm³/mol. The van der Waals surface area contributed by atoms with Crippen LogP contribution in [0.3, 0.4) is 0 Å². The molecule has 2 aromatic carbocycles. The monoisotopic (exact) mass is 421 g/mol. The van der Waals surface area contributed by atoms with Gasteiger partial charge in [0.05, 0.1) is 17.5 Å². The van der Waals surface area contributed by atoms with Crippen molar-refractivity contribution in [1.82, 2.24) is 0 Å². The molecule has 0 fully saturated rings. The van der Waals surface area contributed by atoms with Crippen molar-refractivity contribution in [2.24, 2.45) is 0 Å². The minimum absolute atomic E-state index is 0.0471. The van der Waals surface area contributed by atoms with Crippen molar-refractivity contribution in [3.8, 4) is 5.75 Å². The highest BCUT2D eigenvalue weighted by molar-refractivity contribution is 6.01. The summed E-state index contributed by atoms with van der Waals surface area (Å²) in [6.45, 7) is -0.0471. The Morgan fingerprint density at radius 2 is 1.90 bits per heavy atom. The number of nitrogens with one attached hydrogen (secondary N) is 1. The molecule has 1 amide bonds. The SMILES string of the molecule is COCOc1c(C=Cc2ccco2)ccc2c1C(O)(c1ccccc1)C(OC)C(=O)N2. The van der Waals surface area contributed by atoms with Gasteiger partial charge in [-0.25, -0.2) is 0 Å². The van der Waals surface area contributed by atoms with E-state index in [4.69, 9.17) is 18.6 Å². The van der Waals surface area contributed by atoms with Crippen LogP contribution in [0.2, 0.25) is 0 Å². The first kappa shape index (κ1) is 20.9. The second kappa shape index (κ2) is 8.77. The molecule has 160 valence electrons. The molecule has 1 aromatic heterocycles. The summed E-state index contributed by atoms with van der Waals surface area (Å²) >= 11 is 0. The fraction of sp³-hybridized carbons (Fsp3) is 0.208. The van der Waals surface area contributed by atoms with Crippen molar-refractivity contribution in [2.45, 2.75) is 11.7 Å². The number of benzene rings is 2. The third-order valence-corrected chi connectivity index (χ3v) is 5.19. The van der Waals surface area contributed by atoms with Crippen LogP contribution in [0.4, 0.5) is 5.69 Å². The Morgan fingerprint density at radius 3 is 2.58 bits per heavy atom. The molecule has 0 saturated heterocycles. The van der Waals surface area contributed by atoms with Gasteiger partial charge in [-0.3, -0.25) is 4.79 Å². The van der Waals surface area contributed by atoms with E-state index in [9.17, 15) is 9.90 Å². The summed E-state index contributed by atoms with van der Waals surface area (Å²) in [6.07, 6.45) is 4.00. The number of anilines is 1. The number of fused-ring (bicyclic) bond motifs is 1. The molecule has 2 N–H and O–H groups in total. The average Bonchev–Trinajstić information content (AvgIpc) is 3.31. The molecule has 4 rings (SSSR count). The quantitative estimate of drug-likeness (QED) is 0.566. The van der Waals surface area contributed by atoms with Crippen LogP contribution in [0.5, 0.6) is 5.75 Å². The summed E-state index contributed by atoms with van der Waals surface area (Å²) in [4.78, 5) is 12.8. The molecule has 31 heavy (non-hydrogen) atoms. The van der Waals surface area contributed by atoms with Crippen LogP contribution in [-0.4, -0.2) is 38.1 Å². The number of hydrogen-bond donors (Lipinski definition) is 2. The zero-order valence-electron chi connectivity index (χ0n) is 17.2. The minimum atomic E-state index is -1.79. The summed E-state index contributed by atoms with van der Waals surface area (Å²) in [5, 5.41) is 14.8. The van der Waals surface area contributed by atoms with Crippen LogP contribution in [0, 0.1) is 0 Å². The third-order valence-electron chi connectivity index (χ3n) is 5.19. The van der Waals surface area contributed by atoms with Gasteiger partial charge in [0.2, 0.25) is 0 Å². The molecule has 1 aliphatic rings. The number of amides is 1. The van der Waals surface area contributed by atoms with Crippen LogP contribution >= 0.6 is 0 Å². The van der Waals surface area contributed by atoms with Gasteiger partial charge in [0.1, 0.15) is 11.5 Å². The Labute approximate surface area is 179 Å². The van der Waals surface area contributed by atoms with Crippen LogP contribution < -0.4 is 10.1 Å². The molecule has 7 nitrogen and oxygen atoms in total. The summed E-state index contributed by atoms with van der Waals surface area (Å²) < 4.78 is 21.9. The van der Waals surface area contributed by atoms with Crippen LogP contribution in [0.1, 0.15) is 22.5 Å². The molecule has 2 atom stereocenters. The molecule has 3 aromatic rings. The molecule has 0 spiro atoms. The first-order valence-electron chi connectivity index (χ1n) is 9.72. The molecule has 2 heterocycles. The summed E-state index contributed by atoms with van der Waals surface area (Å²) in [5.41, 5.74) is 0.222. The largest absolute Gasteiger partial charge is 0.466 e. The van der Waals surface area contributed by atoms with Crippen molar-refractivity contribution < 1.29 is 28.5 Å². The fourth-order valence-electron chi connectivity index (χ4n) is 3.83. The zero-order valence-corrected chi connectivity index (χ0v) is 17.2. The Morgan fingerprint density at radius 1 is 1.10 bits per heavy atom. The van der Waals surface area contributed by atoms with Crippen LogP contribution in [0.25, 0.3) is 12.2 Å². The zero-order chi connectivity index (χ0) is 21.8. The summed E-state index contributed by atoms with van der Waals surface area (Å²) in [7, 11) is 2.90. The topological polar surface area (TPSA) is 90.2 Å². The van der Waals surface area contributed by atoms with Crippen molar-refractivity contribution in [3.05, 3.63) is 83.3 Å². The minimum Gasteiger partial charge on any atom is -0.466 e. The number of methoxy groups -OCH3 is 2. The number of aliphatic hydroxyl groups is 1. The first-order valence-corrected chi connectivity index (χ1v) is 9.72. The van der Waals surface area contributed by atoms with Crippen LogP contribution in [-0.2, 0) is 19.9 Å². The van der Waals surface area contributed by atoms with Gasteiger partial charge >= 0.3 is 0 Å². The molecular weight excluding hydrogens is 398 g/mol. The van der Waals surface area contributed by atoms with E-state index in [1.807, 2.05) is 18.2 Å². The Bertz CT molecular complexity index is 1080. The molecule has 0 saturated carbocycles. The fourth-order valence-corrected chi connectivity index (χ4v) is 3.83. The molecule has 7 heteroatoms. The third kappa shape index (κ3) is 3.74. The maximum absolute atomic E-state index is 12.8. The van der Waals surface area contributed by atoms with Crippen molar-refractivity contribution in [3.63, 3.8) is 0 Å². The predicted octanol–water partition coefficient (Wildman–Crippen LogP) is 3.64. The Kier molecular flexibility index (Phi) is 5.90. The van der Waals surface area contributed by atoms with Crippen molar-refractivity contribution >= 4 is 23.7 Å². The highest BCUT2D eigenvalue weighted by atomic mass is 16.7. The van der Waals surface area contributed by atoms with E-state index in [0.717, 1.165) is 0 Å². The number of carbonyl (C=O) groups is 1. The average molecular weight is 421 g/mol. The van der Waals surface area contributed by atoms with E-state index in [2.05, 4.69) is 5.32 Å². The van der Waals surface area contributed by atoms with Gasteiger partial charge in [-0.05, 0) is 42.0 Å². The lowest BCUT2D eigenvalue weighted by atomic mass is 9.76. The maximum atomic E-state index is 12.8. The highest BCUT2D eigenvalue weighted by Gasteiger charge is 2.51. The number of carbonyl (C=O) groups excluding carboxylic acids is 1. The van der Waals surface area contributed by atoms with Crippen molar-refractivity contribution in [2.75, 3.05) is 26.3 Å². The summed E-state index contributed by atoms with van der Waals surface area (Å²) in [5.74, 6) is 0.588.